The van der Waals surface area contributed by atoms with Gasteiger partial charge < -0.3 is 9.64 Å². The fraction of sp³-hybridized carbons (Fsp3) is 0.240. The van der Waals surface area contributed by atoms with E-state index >= 15 is 0 Å². The van der Waals surface area contributed by atoms with Crippen molar-refractivity contribution in [1.29, 1.82) is 0 Å². The first kappa shape index (κ1) is 19.5. The predicted octanol–water partition coefficient (Wildman–Crippen LogP) is 6.24. The molecule has 1 fully saturated rings. The Morgan fingerprint density at radius 1 is 1.00 bits per heavy atom. The SMILES string of the molecule is COc1ccccc1-c1ccc(C(=O)N2C[C@@H](C)C[C@H]2c2ccccc2Cl)cc1. The molecule has 3 nitrogen and oxygen atoms in total. The molecule has 0 N–H and O–H groups in total. The lowest BCUT2D eigenvalue weighted by Gasteiger charge is -2.26. The van der Waals surface area contributed by atoms with Crippen LogP contribution in [0.3, 0.4) is 0 Å². The zero-order valence-electron chi connectivity index (χ0n) is 16.6. The van der Waals surface area contributed by atoms with Gasteiger partial charge >= 0.3 is 0 Å². The smallest absolute Gasteiger partial charge is 0.254 e. The van der Waals surface area contributed by atoms with Crippen molar-refractivity contribution < 1.29 is 9.53 Å². The summed E-state index contributed by atoms with van der Waals surface area (Å²) in [5, 5.41) is 0.718. The average Bonchev–Trinajstić information content (AvgIpc) is 3.15. The van der Waals surface area contributed by atoms with Crippen molar-refractivity contribution in [3.05, 3.63) is 88.9 Å². The van der Waals surface area contributed by atoms with E-state index in [0.29, 0.717) is 11.5 Å². The van der Waals surface area contributed by atoms with Gasteiger partial charge in [-0.1, -0.05) is 67.1 Å². The number of rotatable bonds is 4. The van der Waals surface area contributed by atoms with Gasteiger partial charge in [0.1, 0.15) is 5.75 Å². The molecule has 0 aromatic heterocycles. The molecule has 0 radical (unpaired) electrons. The van der Waals surface area contributed by atoms with Crippen LogP contribution in [0.4, 0.5) is 0 Å². The first-order chi connectivity index (χ1) is 14.1. The summed E-state index contributed by atoms with van der Waals surface area (Å²) in [7, 11) is 1.67. The van der Waals surface area contributed by atoms with Crippen LogP contribution >= 0.6 is 11.6 Å². The highest BCUT2D eigenvalue weighted by Crippen LogP contribution is 2.39. The maximum absolute atomic E-state index is 13.3. The van der Waals surface area contributed by atoms with Crippen LogP contribution in [0.5, 0.6) is 5.75 Å². The zero-order valence-corrected chi connectivity index (χ0v) is 17.4. The van der Waals surface area contributed by atoms with E-state index in [1.165, 1.54) is 0 Å². The minimum Gasteiger partial charge on any atom is -0.496 e. The van der Waals surface area contributed by atoms with Gasteiger partial charge in [0.2, 0.25) is 0 Å². The van der Waals surface area contributed by atoms with Gasteiger partial charge in [-0.2, -0.15) is 0 Å². The van der Waals surface area contributed by atoms with Gasteiger partial charge in [-0.05, 0) is 47.7 Å². The molecule has 29 heavy (non-hydrogen) atoms. The third-order valence-corrected chi connectivity index (χ3v) is 5.93. The number of hydrogen-bond donors (Lipinski definition) is 0. The van der Waals surface area contributed by atoms with Gasteiger partial charge in [0.05, 0.1) is 13.2 Å². The number of benzene rings is 3. The number of amides is 1. The molecule has 1 aliphatic rings. The highest BCUT2D eigenvalue weighted by Gasteiger charge is 2.35. The van der Waals surface area contributed by atoms with E-state index in [-0.39, 0.29) is 11.9 Å². The van der Waals surface area contributed by atoms with E-state index in [4.69, 9.17) is 16.3 Å². The molecule has 1 heterocycles. The Morgan fingerprint density at radius 3 is 2.41 bits per heavy atom. The summed E-state index contributed by atoms with van der Waals surface area (Å²) in [6, 6.07) is 23.5. The lowest BCUT2D eigenvalue weighted by atomic mass is 10.00. The molecular formula is C25H24ClNO2. The number of likely N-dealkylation sites (tertiary alicyclic amines) is 1. The standard InChI is InChI=1S/C25H24ClNO2/c1-17-15-23(21-8-3-5-9-22(21)26)27(16-17)25(28)19-13-11-18(12-14-19)20-7-4-6-10-24(20)29-2/h3-14,17,23H,15-16H2,1-2H3/t17-,23-/m0/s1. The number of ether oxygens (including phenoxy) is 1. The van der Waals surface area contributed by atoms with E-state index in [0.717, 1.165) is 40.4 Å². The van der Waals surface area contributed by atoms with Crippen molar-refractivity contribution in [2.75, 3.05) is 13.7 Å². The Hall–Kier alpha value is -2.78. The molecule has 4 rings (SSSR count). The monoisotopic (exact) mass is 405 g/mol. The van der Waals surface area contributed by atoms with Gasteiger partial charge in [-0.3, -0.25) is 4.79 Å². The molecular weight excluding hydrogens is 382 g/mol. The zero-order chi connectivity index (χ0) is 20.4. The molecule has 3 aromatic rings. The molecule has 148 valence electrons. The van der Waals surface area contributed by atoms with Gasteiger partial charge in [0.15, 0.2) is 0 Å². The van der Waals surface area contributed by atoms with Gasteiger partial charge in [0.25, 0.3) is 5.91 Å². The van der Waals surface area contributed by atoms with Crippen molar-refractivity contribution >= 4 is 17.5 Å². The summed E-state index contributed by atoms with van der Waals surface area (Å²) in [5.74, 6) is 1.30. The van der Waals surface area contributed by atoms with E-state index in [1.54, 1.807) is 7.11 Å². The molecule has 0 aliphatic carbocycles. The number of halogens is 1. The third-order valence-electron chi connectivity index (χ3n) is 5.59. The molecule has 1 saturated heterocycles. The largest absolute Gasteiger partial charge is 0.496 e. The molecule has 0 spiro atoms. The number of carbonyl (C=O) groups is 1. The van der Waals surface area contributed by atoms with Crippen LogP contribution in [0.2, 0.25) is 5.02 Å². The molecule has 2 atom stereocenters. The third kappa shape index (κ3) is 3.88. The number of nitrogens with zero attached hydrogens (tertiary/aromatic N) is 1. The number of methoxy groups -OCH3 is 1. The van der Waals surface area contributed by atoms with Crippen LogP contribution in [0.25, 0.3) is 11.1 Å². The van der Waals surface area contributed by atoms with Crippen LogP contribution in [0, 0.1) is 5.92 Å². The molecule has 0 unspecified atom stereocenters. The van der Waals surface area contributed by atoms with E-state index in [1.807, 2.05) is 77.7 Å². The Balaban J connectivity index is 1.61. The molecule has 3 aromatic carbocycles. The first-order valence-corrected chi connectivity index (χ1v) is 10.2. The Morgan fingerprint density at radius 2 is 1.69 bits per heavy atom. The Labute approximate surface area is 176 Å². The van der Waals surface area contributed by atoms with E-state index in [2.05, 4.69) is 6.92 Å². The van der Waals surface area contributed by atoms with Crippen LogP contribution in [-0.4, -0.2) is 24.5 Å². The Bertz CT molecular complexity index is 1020. The second-order valence-electron chi connectivity index (χ2n) is 7.61. The highest BCUT2D eigenvalue weighted by molar-refractivity contribution is 6.31. The fourth-order valence-electron chi connectivity index (χ4n) is 4.15. The maximum Gasteiger partial charge on any atom is 0.254 e. The quantitative estimate of drug-likeness (QED) is 0.514. The molecule has 0 saturated carbocycles. The fourth-order valence-corrected chi connectivity index (χ4v) is 4.41. The second kappa shape index (κ2) is 8.30. The lowest BCUT2D eigenvalue weighted by Crippen LogP contribution is -2.31. The van der Waals surface area contributed by atoms with Crippen molar-refractivity contribution in [2.45, 2.75) is 19.4 Å². The molecule has 4 heteroatoms. The van der Waals surface area contributed by atoms with Crippen LogP contribution in [0.1, 0.15) is 35.3 Å². The normalized spacial score (nSPS) is 18.7. The highest BCUT2D eigenvalue weighted by atomic mass is 35.5. The number of carbonyl (C=O) groups excluding carboxylic acids is 1. The van der Waals surface area contributed by atoms with Crippen molar-refractivity contribution in [3.63, 3.8) is 0 Å². The lowest BCUT2D eigenvalue weighted by molar-refractivity contribution is 0.0732. The van der Waals surface area contributed by atoms with E-state index < -0.39 is 0 Å². The summed E-state index contributed by atoms with van der Waals surface area (Å²) >= 11 is 6.44. The van der Waals surface area contributed by atoms with Crippen LogP contribution in [-0.2, 0) is 0 Å². The van der Waals surface area contributed by atoms with E-state index in [9.17, 15) is 4.79 Å². The summed E-state index contributed by atoms with van der Waals surface area (Å²) < 4.78 is 5.46. The molecule has 1 amide bonds. The molecule has 0 bridgehead atoms. The van der Waals surface area contributed by atoms with Gasteiger partial charge in [-0.15, -0.1) is 0 Å². The number of hydrogen-bond acceptors (Lipinski definition) is 2. The van der Waals surface area contributed by atoms with Gasteiger partial charge in [-0.25, -0.2) is 0 Å². The summed E-state index contributed by atoms with van der Waals surface area (Å²) in [6.07, 6.45) is 0.925. The summed E-state index contributed by atoms with van der Waals surface area (Å²) in [5.41, 5.74) is 3.75. The summed E-state index contributed by atoms with van der Waals surface area (Å²) in [6.45, 7) is 2.92. The number of para-hydroxylation sites is 1. The Kier molecular flexibility index (Phi) is 5.59. The topological polar surface area (TPSA) is 29.5 Å². The molecule has 1 aliphatic heterocycles. The van der Waals surface area contributed by atoms with Gasteiger partial charge in [0, 0.05) is 22.7 Å². The minimum absolute atomic E-state index is 0.0140. The van der Waals surface area contributed by atoms with Crippen LogP contribution in [0.15, 0.2) is 72.8 Å². The summed E-state index contributed by atoms with van der Waals surface area (Å²) in [4.78, 5) is 15.3. The van der Waals surface area contributed by atoms with Crippen molar-refractivity contribution in [3.8, 4) is 16.9 Å². The van der Waals surface area contributed by atoms with Crippen molar-refractivity contribution in [1.82, 2.24) is 4.90 Å². The minimum atomic E-state index is 0.0140. The first-order valence-electron chi connectivity index (χ1n) is 9.87. The van der Waals surface area contributed by atoms with Crippen molar-refractivity contribution in [2.24, 2.45) is 5.92 Å². The average molecular weight is 406 g/mol. The predicted molar refractivity (Wildman–Crippen MR) is 117 cm³/mol. The van der Waals surface area contributed by atoms with Crippen LogP contribution < -0.4 is 4.74 Å². The maximum atomic E-state index is 13.3. The second-order valence-corrected chi connectivity index (χ2v) is 8.02.